The number of rotatable bonds is 7. The fourth-order valence-corrected chi connectivity index (χ4v) is 5.02. The van der Waals surface area contributed by atoms with Crippen LogP contribution in [-0.2, 0) is 11.2 Å². The lowest BCUT2D eigenvalue weighted by atomic mass is 9.69. The Balaban J connectivity index is 1.71. The molecule has 2 aromatic rings. The third-order valence-electron chi connectivity index (χ3n) is 5.63. The molecule has 0 aliphatic heterocycles. The summed E-state index contributed by atoms with van der Waals surface area (Å²) in [6, 6.07) is 15.0. The lowest BCUT2D eigenvalue weighted by Crippen LogP contribution is -2.46. The Morgan fingerprint density at radius 2 is 1.85 bits per heavy atom. The van der Waals surface area contributed by atoms with Crippen molar-refractivity contribution in [1.82, 2.24) is 10.2 Å². The Bertz CT molecular complexity index is 675. The van der Waals surface area contributed by atoms with E-state index >= 15 is 0 Å². The fraction of sp³-hybridized carbons (Fsp3) is 0.500. The molecule has 4 heteroatoms. The predicted molar refractivity (Wildman–Crippen MR) is 109 cm³/mol. The molecule has 1 aromatic carbocycles. The molecule has 1 aliphatic rings. The van der Waals surface area contributed by atoms with Gasteiger partial charge in [-0.15, -0.1) is 11.3 Å². The Hall–Kier alpha value is -1.65. The van der Waals surface area contributed by atoms with Crippen molar-refractivity contribution in [2.24, 2.45) is 5.41 Å². The van der Waals surface area contributed by atoms with Crippen LogP contribution in [0, 0.1) is 5.41 Å². The van der Waals surface area contributed by atoms with Crippen LogP contribution in [0.2, 0.25) is 0 Å². The molecule has 1 N–H and O–H groups in total. The third kappa shape index (κ3) is 4.54. The second kappa shape index (κ2) is 8.83. The van der Waals surface area contributed by atoms with E-state index in [0.717, 1.165) is 32.1 Å². The predicted octanol–water partition coefficient (Wildman–Crippen LogP) is 4.66. The molecule has 1 fully saturated rings. The molecule has 140 valence electrons. The average molecular weight is 371 g/mol. The van der Waals surface area contributed by atoms with E-state index in [1.54, 1.807) is 11.3 Å². The van der Waals surface area contributed by atoms with E-state index in [1.807, 2.05) is 6.07 Å². The van der Waals surface area contributed by atoms with Crippen LogP contribution in [0.15, 0.2) is 47.8 Å². The minimum Gasteiger partial charge on any atom is -0.354 e. The number of thiophene rings is 1. The maximum Gasteiger partial charge on any atom is 0.226 e. The second-order valence-electron chi connectivity index (χ2n) is 7.71. The molecule has 0 unspecified atom stereocenters. The van der Waals surface area contributed by atoms with Gasteiger partial charge in [0.2, 0.25) is 5.91 Å². The first-order valence-electron chi connectivity index (χ1n) is 9.63. The molecular weight excluding hydrogens is 340 g/mol. The van der Waals surface area contributed by atoms with Crippen LogP contribution in [0.25, 0.3) is 0 Å². The number of carbonyl (C=O) groups excluding carboxylic acids is 1. The summed E-state index contributed by atoms with van der Waals surface area (Å²) in [5, 5.41) is 5.41. The van der Waals surface area contributed by atoms with E-state index in [1.165, 1.54) is 16.9 Å². The maximum absolute atomic E-state index is 13.3. The highest BCUT2D eigenvalue weighted by Crippen LogP contribution is 2.39. The molecular formula is C22H30N2OS. The molecule has 1 aromatic heterocycles. The summed E-state index contributed by atoms with van der Waals surface area (Å²) in [6.45, 7) is 0.670. The highest BCUT2D eigenvalue weighted by atomic mass is 32.1. The molecule has 26 heavy (non-hydrogen) atoms. The van der Waals surface area contributed by atoms with Gasteiger partial charge in [0.15, 0.2) is 0 Å². The summed E-state index contributed by atoms with van der Waals surface area (Å²) in [4.78, 5) is 16.8. The largest absolute Gasteiger partial charge is 0.354 e. The Morgan fingerprint density at radius 3 is 2.46 bits per heavy atom. The average Bonchev–Trinajstić information content (AvgIpc) is 3.17. The van der Waals surface area contributed by atoms with Gasteiger partial charge in [-0.25, -0.2) is 0 Å². The van der Waals surface area contributed by atoms with Crippen molar-refractivity contribution < 1.29 is 4.79 Å². The normalized spacial score (nSPS) is 17.8. The van der Waals surface area contributed by atoms with Gasteiger partial charge >= 0.3 is 0 Å². The summed E-state index contributed by atoms with van der Waals surface area (Å²) in [5.41, 5.74) is 1.03. The first-order valence-corrected chi connectivity index (χ1v) is 10.5. The molecule has 0 spiro atoms. The number of likely N-dealkylation sites (N-methyl/N-ethyl adjacent to an activating group) is 1. The zero-order chi connectivity index (χ0) is 18.4. The number of nitrogens with one attached hydrogen (secondary N) is 1. The van der Waals surface area contributed by atoms with Gasteiger partial charge in [0.1, 0.15) is 0 Å². The Labute approximate surface area is 161 Å². The van der Waals surface area contributed by atoms with Crippen LogP contribution in [0.3, 0.4) is 0 Å². The minimum atomic E-state index is -0.244. The lowest BCUT2D eigenvalue weighted by Gasteiger charge is -2.37. The topological polar surface area (TPSA) is 32.3 Å². The van der Waals surface area contributed by atoms with E-state index in [9.17, 15) is 4.79 Å². The summed E-state index contributed by atoms with van der Waals surface area (Å²) in [5.74, 6) is 0.240. The number of amides is 1. The van der Waals surface area contributed by atoms with Gasteiger partial charge in [-0.2, -0.15) is 0 Å². The van der Waals surface area contributed by atoms with Gasteiger partial charge in [-0.3, -0.25) is 4.79 Å². The van der Waals surface area contributed by atoms with Crippen LogP contribution in [-0.4, -0.2) is 31.4 Å². The first-order chi connectivity index (χ1) is 12.6. The van der Waals surface area contributed by atoms with Gasteiger partial charge < -0.3 is 10.2 Å². The van der Waals surface area contributed by atoms with E-state index in [2.05, 4.69) is 66.1 Å². The van der Waals surface area contributed by atoms with Crippen molar-refractivity contribution in [2.45, 2.75) is 44.6 Å². The van der Waals surface area contributed by atoms with Gasteiger partial charge in [0.05, 0.1) is 11.5 Å². The van der Waals surface area contributed by atoms with Crippen molar-refractivity contribution >= 4 is 17.2 Å². The fourth-order valence-electron chi connectivity index (χ4n) is 4.09. The van der Waals surface area contributed by atoms with E-state index in [0.29, 0.717) is 6.54 Å². The number of hydrogen-bond donors (Lipinski definition) is 1. The SMILES string of the molecule is CN(C)[C@H](CNC(=O)C1(Cc2ccccc2)CCCCC1)c1cccs1. The van der Waals surface area contributed by atoms with Gasteiger partial charge in [0.25, 0.3) is 0 Å². The zero-order valence-corrected chi connectivity index (χ0v) is 16.7. The minimum absolute atomic E-state index is 0.233. The highest BCUT2D eigenvalue weighted by Gasteiger charge is 2.39. The van der Waals surface area contributed by atoms with Gasteiger partial charge in [0, 0.05) is 11.4 Å². The van der Waals surface area contributed by atoms with E-state index < -0.39 is 0 Å². The number of nitrogens with zero attached hydrogens (tertiary/aromatic N) is 1. The number of carbonyl (C=O) groups is 1. The quantitative estimate of drug-likeness (QED) is 0.769. The summed E-state index contributed by atoms with van der Waals surface area (Å²) in [7, 11) is 4.16. The van der Waals surface area contributed by atoms with Crippen molar-refractivity contribution in [1.29, 1.82) is 0 Å². The molecule has 3 nitrogen and oxygen atoms in total. The first kappa shape index (κ1) is 19.1. The van der Waals surface area contributed by atoms with Gasteiger partial charge in [-0.05, 0) is 50.4 Å². The van der Waals surface area contributed by atoms with Crippen molar-refractivity contribution in [3.63, 3.8) is 0 Å². The molecule has 0 radical (unpaired) electrons. The number of benzene rings is 1. The Kier molecular flexibility index (Phi) is 6.49. The molecule has 1 atom stereocenters. The monoisotopic (exact) mass is 370 g/mol. The van der Waals surface area contributed by atoms with Crippen LogP contribution in [0.5, 0.6) is 0 Å². The van der Waals surface area contributed by atoms with Gasteiger partial charge in [-0.1, -0.05) is 55.7 Å². The van der Waals surface area contributed by atoms with Crippen molar-refractivity contribution in [3.8, 4) is 0 Å². The van der Waals surface area contributed by atoms with Crippen molar-refractivity contribution in [2.75, 3.05) is 20.6 Å². The standard InChI is InChI=1S/C22H30N2OS/c1-24(2)19(20-12-9-15-26-20)17-23-21(25)22(13-7-4-8-14-22)16-18-10-5-3-6-11-18/h3,5-6,9-12,15,19H,4,7-8,13-14,16-17H2,1-2H3,(H,23,25)/t19-/m1/s1. The van der Waals surface area contributed by atoms with Crippen molar-refractivity contribution in [3.05, 3.63) is 58.3 Å². The molecule has 3 rings (SSSR count). The molecule has 1 heterocycles. The van der Waals surface area contributed by atoms with E-state index in [-0.39, 0.29) is 17.4 Å². The summed E-state index contributed by atoms with van der Waals surface area (Å²) >= 11 is 1.76. The van der Waals surface area contributed by atoms with Crippen LogP contribution in [0.4, 0.5) is 0 Å². The molecule has 1 saturated carbocycles. The van der Waals surface area contributed by atoms with Crippen LogP contribution < -0.4 is 5.32 Å². The molecule has 1 amide bonds. The second-order valence-corrected chi connectivity index (χ2v) is 8.69. The lowest BCUT2D eigenvalue weighted by molar-refractivity contribution is -0.133. The maximum atomic E-state index is 13.3. The Morgan fingerprint density at radius 1 is 1.12 bits per heavy atom. The molecule has 0 saturated heterocycles. The highest BCUT2D eigenvalue weighted by molar-refractivity contribution is 7.10. The zero-order valence-electron chi connectivity index (χ0n) is 15.9. The summed E-state index contributed by atoms with van der Waals surface area (Å²) in [6.07, 6.45) is 6.41. The van der Waals surface area contributed by atoms with Crippen LogP contribution >= 0.6 is 11.3 Å². The third-order valence-corrected chi connectivity index (χ3v) is 6.60. The van der Waals surface area contributed by atoms with Crippen LogP contribution in [0.1, 0.15) is 48.6 Å². The molecule has 0 bridgehead atoms. The number of hydrogen-bond acceptors (Lipinski definition) is 3. The molecule has 1 aliphatic carbocycles. The van der Waals surface area contributed by atoms with E-state index in [4.69, 9.17) is 0 Å². The smallest absolute Gasteiger partial charge is 0.226 e. The summed E-state index contributed by atoms with van der Waals surface area (Å²) < 4.78 is 0.